The number of ether oxygens (including phenoxy) is 1. The van der Waals surface area contributed by atoms with Crippen LogP contribution in [0.1, 0.15) is 34.1 Å². The molecule has 2 aromatic rings. The highest BCUT2D eigenvalue weighted by molar-refractivity contribution is 7.90. The van der Waals surface area contributed by atoms with Crippen molar-refractivity contribution in [3.63, 3.8) is 0 Å². The first-order valence-corrected chi connectivity index (χ1v) is 10.9. The quantitative estimate of drug-likeness (QED) is 0.616. The Morgan fingerprint density at radius 1 is 1.09 bits per heavy atom. The van der Waals surface area contributed by atoms with Crippen LogP contribution in [0.15, 0.2) is 35.4 Å². The lowest BCUT2D eigenvalue weighted by atomic mass is 10.1. The van der Waals surface area contributed by atoms with Gasteiger partial charge in [-0.1, -0.05) is 0 Å². The summed E-state index contributed by atoms with van der Waals surface area (Å²) in [6, 6.07) is 3.62. The highest BCUT2D eigenvalue weighted by Gasteiger charge is 2.39. The predicted octanol–water partition coefficient (Wildman–Crippen LogP) is 3.99. The van der Waals surface area contributed by atoms with Crippen molar-refractivity contribution >= 4 is 15.7 Å². The molecular formula is C19H16F6N2O4S. The van der Waals surface area contributed by atoms with Crippen molar-refractivity contribution < 1.29 is 44.3 Å². The van der Waals surface area contributed by atoms with E-state index in [4.69, 9.17) is 4.74 Å². The summed E-state index contributed by atoms with van der Waals surface area (Å²) in [7, 11) is -3.82. The predicted molar refractivity (Wildman–Crippen MR) is 98.5 cm³/mol. The highest BCUT2D eigenvalue weighted by Crippen LogP contribution is 2.34. The molecule has 0 saturated heterocycles. The van der Waals surface area contributed by atoms with E-state index < -0.39 is 51.2 Å². The van der Waals surface area contributed by atoms with Crippen molar-refractivity contribution in [1.82, 2.24) is 9.88 Å². The van der Waals surface area contributed by atoms with Crippen LogP contribution in [0, 0.1) is 0 Å². The van der Waals surface area contributed by atoms with Gasteiger partial charge >= 0.3 is 12.4 Å². The van der Waals surface area contributed by atoms with E-state index in [2.05, 4.69) is 4.98 Å². The molecule has 0 radical (unpaired) electrons. The number of nitrogens with zero attached hydrogens (tertiary/aromatic N) is 2. The van der Waals surface area contributed by atoms with Crippen LogP contribution in [0.25, 0.3) is 0 Å². The van der Waals surface area contributed by atoms with E-state index in [1.165, 1.54) is 0 Å². The van der Waals surface area contributed by atoms with Crippen LogP contribution in [-0.2, 0) is 29.1 Å². The number of aromatic nitrogens is 1. The van der Waals surface area contributed by atoms with Gasteiger partial charge in [0, 0.05) is 25.5 Å². The van der Waals surface area contributed by atoms with Crippen molar-refractivity contribution in [1.29, 1.82) is 0 Å². The second-order valence-corrected chi connectivity index (χ2v) is 9.24. The molecule has 174 valence electrons. The van der Waals surface area contributed by atoms with E-state index in [1.54, 1.807) is 0 Å². The maximum atomic E-state index is 13.1. The van der Waals surface area contributed by atoms with Crippen LogP contribution in [0.4, 0.5) is 26.3 Å². The Hall–Kier alpha value is -2.83. The number of hydrogen-bond donors (Lipinski definition) is 0. The van der Waals surface area contributed by atoms with Crippen LogP contribution in [-0.4, -0.2) is 42.7 Å². The third-order valence-electron chi connectivity index (χ3n) is 4.76. The molecule has 1 atom stereocenters. The largest absolute Gasteiger partial charge is 0.480 e. The molecule has 1 amide bonds. The summed E-state index contributed by atoms with van der Waals surface area (Å²) >= 11 is 0. The average molecular weight is 482 g/mol. The first-order chi connectivity index (χ1) is 14.6. The number of carbonyl (C=O) groups is 1. The molecule has 0 spiro atoms. The Labute approximate surface area is 178 Å². The Morgan fingerprint density at radius 3 is 2.28 bits per heavy atom. The molecule has 0 unspecified atom stereocenters. The van der Waals surface area contributed by atoms with Gasteiger partial charge in [-0.3, -0.25) is 9.78 Å². The maximum absolute atomic E-state index is 13.1. The van der Waals surface area contributed by atoms with Crippen LogP contribution in [0.3, 0.4) is 0 Å². The zero-order chi connectivity index (χ0) is 24.1. The Kier molecular flexibility index (Phi) is 5.91. The molecule has 32 heavy (non-hydrogen) atoms. The molecule has 0 fully saturated rings. The van der Waals surface area contributed by atoms with Crippen molar-refractivity contribution in [2.24, 2.45) is 0 Å². The summed E-state index contributed by atoms with van der Waals surface area (Å²) in [6.45, 7) is 0.294. The fourth-order valence-corrected chi connectivity index (χ4v) is 3.67. The first-order valence-electron chi connectivity index (χ1n) is 8.99. The summed E-state index contributed by atoms with van der Waals surface area (Å²) in [5.74, 6) is -1.40. The summed E-state index contributed by atoms with van der Waals surface area (Å²) in [5, 5.41) is 0. The molecule has 1 aliphatic heterocycles. The molecule has 3 rings (SSSR count). The van der Waals surface area contributed by atoms with E-state index in [-0.39, 0.29) is 23.5 Å². The summed E-state index contributed by atoms with van der Waals surface area (Å²) < 4.78 is 106. The average Bonchev–Trinajstić information content (AvgIpc) is 3.08. The fraction of sp³-hybridized carbons (Fsp3) is 0.368. The minimum atomic E-state index is -4.75. The van der Waals surface area contributed by atoms with Crippen molar-refractivity contribution in [2.75, 3.05) is 6.26 Å². The number of pyridine rings is 1. The Bertz CT molecular complexity index is 1160. The number of benzene rings is 1. The third kappa shape index (κ3) is 4.97. The van der Waals surface area contributed by atoms with E-state index in [0.29, 0.717) is 5.56 Å². The second-order valence-electron chi connectivity index (χ2n) is 7.23. The van der Waals surface area contributed by atoms with E-state index in [9.17, 15) is 39.6 Å². The van der Waals surface area contributed by atoms with Crippen LogP contribution in [0.2, 0.25) is 0 Å². The van der Waals surface area contributed by atoms with Crippen molar-refractivity contribution in [2.45, 2.75) is 43.4 Å². The van der Waals surface area contributed by atoms with E-state index in [1.807, 2.05) is 0 Å². The molecule has 1 aromatic carbocycles. The molecule has 13 heteroatoms. The van der Waals surface area contributed by atoms with E-state index >= 15 is 0 Å². The molecule has 2 heterocycles. The third-order valence-corrected chi connectivity index (χ3v) is 5.87. The van der Waals surface area contributed by atoms with Crippen LogP contribution >= 0.6 is 0 Å². The van der Waals surface area contributed by atoms with Gasteiger partial charge in [0.25, 0.3) is 5.91 Å². The molecular weight excluding hydrogens is 466 g/mol. The van der Waals surface area contributed by atoms with Gasteiger partial charge < -0.3 is 9.64 Å². The highest BCUT2D eigenvalue weighted by atomic mass is 32.2. The number of sulfone groups is 1. The zero-order valence-corrected chi connectivity index (χ0v) is 17.4. The van der Waals surface area contributed by atoms with Gasteiger partial charge in [-0.2, -0.15) is 26.3 Å². The number of carbonyl (C=O) groups excluding carboxylic acids is 1. The van der Waals surface area contributed by atoms with Crippen molar-refractivity contribution in [3.05, 3.63) is 52.8 Å². The van der Waals surface area contributed by atoms with Gasteiger partial charge in [-0.25, -0.2) is 8.42 Å². The molecule has 6 nitrogen and oxygen atoms in total. The minimum absolute atomic E-state index is 0.156. The SMILES string of the molecule is C[C@H](Oc1ccc(S(C)(=O)=O)cc1C(=O)N1Cc2cnc(C(F)(F)F)cc2C1)C(F)(F)F. The standard InChI is InChI=1S/C19H16F6N2O4S/c1-10(18(20,21)22)31-15-4-3-13(32(2,29)30)6-14(15)17(28)27-8-11-5-16(19(23,24)25)26-7-12(11)9-27/h3-7,10H,8-9H2,1-2H3/t10-/m0/s1. The summed E-state index contributed by atoms with van der Waals surface area (Å²) in [6.07, 6.45) is -9.91. The normalized spacial score (nSPS) is 15.4. The number of halogens is 6. The van der Waals surface area contributed by atoms with Gasteiger partial charge in [-0.05, 0) is 42.3 Å². The number of hydrogen-bond acceptors (Lipinski definition) is 5. The van der Waals surface area contributed by atoms with Gasteiger partial charge in [0.15, 0.2) is 15.9 Å². The topological polar surface area (TPSA) is 76.6 Å². The van der Waals surface area contributed by atoms with Crippen LogP contribution < -0.4 is 4.74 Å². The molecule has 0 bridgehead atoms. The zero-order valence-electron chi connectivity index (χ0n) is 16.6. The summed E-state index contributed by atoms with van der Waals surface area (Å²) in [5.41, 5.74) is -1.10. The smallest absolute Gasteiger partial charge is 0.433 e. The van der Waals surface area contributed by atoms with Crippen LogP contribution in [0.5, 0.6) is 5.75 Å². The lowest BCUT2D eigenvalue weighted by Crippen LogP contribution is -2.32. The number of rotatable bonds is 4. The molecule has 0 aliphatic carbocycles. The Morgan fingerprint density at radius 2 is 1.72 bits per heavy atom. The number of amides is 1. The van der Waals surface area contributed by atoms with Gasteiger partial charge in [0.05, 0.1) is 10.5 Å². The minimum Gasteiger partial charge on any atom is -0.480 e. The fourth-order valence-electron chi connectivity index (χ4n) is 3.02. The van der Waals surface area contributed by atoms with Crippen molar-refractivity contribution in [3.8, 4) is 5.75 Å². The lowest BCUT2D eigenvalue weighted by Gasteiger charge is -2.22. The van der Waals surface area contributed by atoms with Gasteiger partial charge in [-0.15, -0.1) is 0 Å². The van der Waals surface area contributed by atoms with E-state index in [0.717, 1.165) is 48.5 Å². The lowest BCUT2D eigenvalue weighted by molar-refractivity contribution is -0.189. The Balaban J connectivity index is 1.97. The summed E-state index contributed by atoms with van der Waals surface area (Å²) in [4.78, 5) is 17.1. The van der Waals surface area contributed by atoms with Gasteiger partial charge in [0.1, 0.15) is 11.4 Å². The second kappa shape index (κ2) is 7.94. The maximum Gasteiger partial charge on any atom is 0.433 e. The molecule has 0 saturated carbocycles. The van der Waals surface area contributed by atoms with Gasteiger partial charge in [0.2, 0.25) is 0 Å². The molecule has 1 aliphatic rings. The first kappa shape index (κ1) is 23.8. The molecule has 1 aromatic heterocycles. The molecule has 0 N–H and O–H groups in total. The number of fused-ring (bicyclic) bond motifs is 1. The number of alkyl halides is 6. The monoisotopic (exact) mass is 482 g/mol.